The number of hydrogen-bond acceptors (Lipinski definition) is 3. The van der Waals surface area contributed by atoms with Gasteiger partial charge in [0.1, 0.15) is 11.7 Å². The summed E-state index contributed by atoms with van der Waals surface area (Å²) in [5, 5.41) is 11.4. The van der Waals surface area contributed by atoms with Gasteiger partial charge in [0.25, 0.3) is 5.91 Å². The molecule has 0 saturated heterocycles. The average molecular weight is 302 g/mol. The van der Waals surface area contributed by atoms with E-state index in [9.17, 15) is 9.18 Å². The molecule has 0 aliphatic carbocycles. The SMILES string of the molecule is CCN(CC(C)/C(N)=N/O)C(=O)c1ccc(F)c(Cl)c1. The topological polar surface area (TPSA) is 78.9 Å². The zero-order chi connectivity index (χ0) is 15.3. The maximum atomic E-state index is 13.1. The summed E-state index contributed by atoms with van der Waals surface area (Å²) in [6, 6.07) is 3.81. The molecule has 7 heteroatoms. The molecule has 1 atom stereocenters. The van der Waals surface area contributed by atoms with Crippen molar-refractivity contribution < 1.29 is 14.4 Å². The number of rotatable bonds is 5. The molecule has 20 heavy (non-hydrogen) atoms. The summed E-state index contributed by atoms with van der Waals surface area (Å²) >= 11 is 5.67. The Labute approximate surface area is 121 Å². The van der Waals surface area contributed by atoms with Crippen molar-refractivity contribution in [1.82, 2.24) is 4.90 Å². The molecule has 1 aromatic carbocycles. The third-order valence-electron chi connectivity index (χ3n) is 2.95. The van der Waals surface area contributed by atoms with E-state index in [-0.39, 0.29) is 22.7 Å². The molecule has 1 aromatic rings. The lowest BCUT2D eigenvalue weighted by Gasteiger charge is -2.24. The first-order valence-corrected chi connectivity index (χ1v) is 6.50. The van der Waals surface area contributed by atoms with Crippen LogP contribution in [-0.4, -0.2) is 34.9 Å². The van der Waals surface area contributed by atoms with Gasteiger partial charge >= 0.3 is 0 Å². The molecule has 1 amide bonds. The predicted octanol–water partition coefficient (Wildman–Crippen LogP) is 2.32. The highest BCUT2D eigenvalue weighted by Gasteiger charge is 2.19. The maximum Gasteiger partial charge on any atom is 0.253 e. The Bertz CT molecular complexity index is 522. The van der Waals surface area contributed by atoms with Crippen molar-refractivity contribution in [3.05, 3.63) is 34.6 Å². The monoisotopic (exact) mass is 301 g/mol. The van der Waals surface area contributed by atoms with Crippen LogP contribution < -0.4 is 5.73 Å². The number of oxime groups is 1. The van der Waals surface area contributed by atoms with Gasteiger partial charge in [0.05, 0.1) is 5.02 Å². The molecule has 0 aromatic heterocycles. The van der Waals surface area contributed by atoms with Crippen LogP contribution in [0.2, 0.25) is 5.02 Å². The van der Waals surface area contributed by atoms with Gasteiger partial charge < -0.3 is 15.8 Å². The lowest BCUT2D eigenvalue weighted by Crippen LogP contribution is -2.38. The van der Waals surface area contributed by atoms with Crippen LogP contribution in [0.1, 0.15) is 24.2 Å². The molecule has 1 unspecified atom stereocenters. The van der Waals surface area contributed by atoms with Gasteiger partial charge in [-0.15, -0.1) is 0 Å². The molecule has 0 aliphatic heterocycles. The van der Waals surface area contributed by atoms with Crippen LogP contribution in [0.15, 0.2) is 23.4 Å². The Balaban J connectivity index is 2.89. The van der Waals surface area contributed by atoms with E-state index in [4.69, 9.17) is 22.5 Å². The largest absolute Gasteiger partial charge is 0.409 e. The van der Waals surface area contributed by atoms with Gasteiger partial charge in [0, 0.05) is 24.6 Å². The van der Waals surface area contributed by atoms with Crippen molar-refractivity contribution >= 4 is 23.3 Å². The summed E-state index contributed by atoms with van der Waals surface area (Å²) in [6.07, 6.45) is 0. The number of hydrogen-bond donors (Lipinski definition) is 2. The molecule has 0 bridgehead atoms. The second kappa shape index (κ2) is 7.09. The maximum absolute atomic E-state index is 13.1. The highest BCUT2D eigenvalue weighted by molar-refractivity contribution is 6.31. The Morgan fingerprint density at radius 1 is 1.60 bits per heavy atom. The van der Waals surface area contributed by atoms with Gasteiger partial charge in [0.2, 0.25) is 0 Å². The van der Waals surface area contributed by atoms with Gasteiger partial charge in [-0.25, -0.2) is 4.39 Å². The van der Waals surface area contributed by atoms with E-state index in [0.29, 0.717) is 18.7 Å². The number of halogens is 2. The van der Waals surface area contributed by atoms with Crippen LogP contribution in [0, 0.1) is 11.7 Å². The molecular formula is C13H17ClFN3O2. The van der Waals surface area contributed by atoms with Crippen molar-refractivity contribution in [2.45, 2.75) is 13.8 Å². The van der Waals surface area contributed by atoms with Gasteiger partial charge in [-0.1, -0.05) is 23.7 Å². The first-order chi connectivity index (χ1) is 9.40. The molecule has 1 rings (SSSR count). The van der Waals surface area contributed by atoms with Crippen LogP contribution in [0.4, 0.5) is 4.39 Å². The Kier molecular flexibility index (Phi) is 5.76. The smallest absolute Gasteiger partial charge is 0.253 e. The fraction of sp³-hybridized carbons (Fsp3) is 0.385. The van der Waals surface area contributed by atoms with Crippen LogP contribution in [0.25, 0.3) is 0 Å². The number of carbonyl (C=O) groups excluding carboxylic acids is 1. The Morgan fingerprint density at radius 2 is 2.25 bits per heavy atom. The zero-order valence-corrected chi connectivity index (χ0v) is 12.1. The molecule has 5 nitrogen and oxygen atoms in total. The standard InChI is InChI=1S/C13H17ClFN3O2/c1-3-18(7-8(2)12(16)17-20)13(19)9-4-5-11(15)10(14)6-9/h4-6,8,20H,3,7H2,1-2H3,(H2,16,17). The molecule has 0 radical (unpaired) electrons. The third-order valence-corrected chi connectivity index (χ3v) is 3.24. The molecule has 0 spiro atoms. The van der Waals surface area contributed by atoms with Crippen LogP contribution in [-0.2, 0) is 0 Å². The van der Waals surface area contributed by atoms with E-state index in [2.05, 4.69) is 5.16 Å². The summed E-state index contributed by atoms with van der Waals surface area (Å²) in [5.41, 5.74) is 5.79. The van der Waals surface area contributed by atoms with E-state index >= 15 is 0 Å². The molecule has 110 valence electrons. The fourth-order valence-corrected chi connectivity index (χ4v) is 1.87. The van der Waals surface area contributed by atoms with Gasteiger partial charge in [0.15, 0.2) is 0 Å². The molecule has 0 saturated carbocycles. The highest BCUT2D eigenvalue weighted by Crippen LogP contribution is 2.17. The number of benzene rings is 1. The number of carbonyl (C=O) groups is 1. The first-order valence-electron chi connectivity index (χ1n) is 6.12. The molecule has 3 N–H and O–H groups in total. The Morgan fingerprint density at radius 3 is 2.75 bits per heavy atom. The molecule has 0 fully saturated rings. The summed E-state index contributed by atoms with van der Waals surface area (Å²) in [5.74, 6) is -1.10. The van der Waals surface area contributed by atoms with Crippen molar-refractivity contribution in [1.29, 1.82) is 0 Å². The zero-order valence-electron chi connectivity index (χ0n) is 11.3. The number of amides is 1. The molecular weight excluding hydrogens is 285 g/mol. The minimum absolute atomic E-state index is 0.0494. The van der Waals surface area contributed by atoms with Gasteiger partial charge in [-0.3, -0.25) is 4.79 Å². The van der Waals surface area contributed by atoms with E-state index < -0.39 is 5.82 Å². The molecule has 0 aliphatic rings. The summed E-state index contributed by atoms with van der Waals surface area (Å²) in [7, 11) is 0. The Hall–Kier alpha value is -1.82. The molecule has 0 heterocycles. The summed E-state index contributed by atoms with van der Waals surface area (Å²) < 4.78 is 13.1. The summed E-state index contributed by atoms with van der Waals surface area (Å²) in [6.45, 7) is 4.28. The van der Waals surface area contributed by atoms with Crippen LogP contribution in [0.3, 0.4) is 0 Å². The number of nitrogens with zero attached hydrogens (tertiary/aromatic N) is 2. The van der Waals surface area contributed by atoms with Crippen molar-refractivity contribution in [2.24, 2.45) is 16.8 Å². The van der Waals surface area contributed by atoms with E-state index in [0.717, 1.165) is 6.07 Å². The second-order valence-electron chi connectivity index (χ2n) is 4.40. The quantitative estimate of drug-likeness (QED) is 0.379. The van der Waals surface area contributed by atoms with Crippen LogP contribution >= 0.6 is 11.6 Å². The fourth-order valence-electron chi connectivity index (χ4n) is 1.69. The third kappa shape index (κ3) is 3.84. The second-order valence-corrected chi connectivity index (χ2v) is 4.81. The lowest BCUT2D eigenvalue weighted by atomic mass is 10.1. The van der Waals surface area contributed by atoms with Gasteiger partial charge in [-0.2, -0.15) is 0 Å². The van der Waals surface area contributed by atoms with Crippen molar-refractivity contribution in [3.63, 3.8) is 0 Å². The van der Waals surface area contributed by atoms with E-state index in [1.54, 1.807) is 6.92 Å². The van der Waals surface area contributed by atoms with Crippen LogP contribution in [0.5, 0.6) is 0 Å². The minimum Gasteiger partial charge on any atom is -0.409 e. The van der Waals surface area contributed by atoms with Crippen molar-refractivity contribution in [2.75, 3.05) is 13.1 Å². The summed E-state index contributed by atoms with van der Waals surface area (Å²) in [4.78, 5) is 13.8. The van der Waals surface area contributed by atoms with Crippen molar-refractivity contribution in [3.8, 4) is 0 Å². The predicted molar refractivity (Wildman–Crippen MR) is 75.6 cm³/mol. The minimum atomic E-state index is -0.573. The average Bonchev–Trinajstić information content (AvgIpc) is 2.45. The van der Waals surface area contributed by atoms with E-state index in [1.165, 1.54) is 17.0 Å². The van der Waals surface area contributed by atoms with E-state index in [1.807, 2.05) is 6.92 Å². The van der Waals surface area contributed by atoms with Gasteiger partial charge in [-0.05, 0) is 25.1 Å². The number of nitrogens with two attached hydrogens (primary N) is 1. The number of amidine groups is 1. The first kappa shape index (κ1) is 16.2. The lowest BCUT2D eigenvalue weighted by molar-refractivity contribution is 0.0753. The highest BCUT2D eigenvalue weighted by atomic mass is 35.5. The normalized spacial score (nSPS) is 13.1.